The Kier molecular flexibility index (Phi) is 5.40. The van der Waals surface area contributed by atoms with Crippen LogP contribution in [-0.2, 0) is 9.53 Å². The Morgan fingerprint density at radius 2 is 2.40 bits per heavy atom. The van der Waals surface area contributed by atoms with Crippen LogP contribution in [0, 0.1) is 6.92 Å². The van der Waals surface area contributed by atoms with E-state index in [1.54, 1.807) is 23.1 Å². The maximum atomic E-state index is 12.1. The average Bonchev–Trinajstić information content (AvgIpc) is 3.04. The third-order valence-corrected chi connectivity index (χ3v) is 5.72. The van der Waals surface area contributed by atoms with Crippen molar-refractivity contribution in [3.8, 4) is 0 Å². The summed E-state index contributed by atoms with van der Waals surface area (Å²) in [5.41, 5.74) is -0.512. The zero-order valence-corrected chi connectivity index (χ0v) is 13.8. The van der Waals surface area contributed by atoms with Crippen LogP contribution < -0.4 is 5.32 Å². The smallest absolute Gasteiger partial charge is 0.326 e. The number of nitrogens with zero attached hydrogens (tertiary/aromatic N) is 2. The molecular weight excluding hydrogens is 294 g/mol. The zero-order valence-electron chi connectivity index (χ0n) is 12.1. The van der Waals surface area contributed by atoms with Crippen molar-refractivity contribution < 1.29 is 9.53 Å². The van der Waals surface area contributed by atoms with Crippen LogP contribution in [0.5, 0.6) is 0 Å². The molecule has 2 unspecified atom stereocenters. The van der Waals surface area contributed by atoms with Gasteiger partial charge >= 0.3 is 5.97 Å². The molecule has 1 heterocycles. The molecule has 0 amide bonds. The molecular formula is C13H21N3O2S2. The second-order valence-electron chi connectivity index (χ2n) is 5.07. The Morgan fingerprint density at radius 1 is 1.60 bits per heavy atom. The number of rotatable bonds is 6. The summed E-state index contributed by atoms with van der Waals surface area (Å²) >= 11 is 3.34. The van der Waals surface area contributed by atoms with Crippen molar-refractivity contribution in [1.82, 2.24) is 15.5 Å². The van der Waals surface area contributed by atoms with E-state index in [9.17, 15) is 4.79 Å². The van der Waals surface area contributed by atoms with Crippen LogP contribution in [0.1, 0.15) is 37.6 Å². The number of aryl methyl sites for hydroxylation is 1. The van der Waals surface area contributed by atoms with Gasteiger partial charge in [0.2, 0.25) is 0 Å². The molecule has 1 aromatic rings. The fourth-order valence-corrected chi connectivity index (χ4v) is 4.90. The maximum absolute atomic E-state index is 12.1. The highest BCUT2D eigenvalue weighted by molar-refractivity contribution is 8.01. The summed E-state index contributed by atoms with van der Waals surface area (Å²) in [6.07, 6.45) is 3.62. The molecule has 112 valence electrons. The molecule has 0 radical (unpaired) electrons. The summed E-state index contributed by atoms with van der Waals surface area (Å²) in [7, 11) is 1.46. The second kappa shape index (κ2) is 6.87. The van der Waals surface area contributed by atoms with Crippen LogP contribution in [-0.4, -0.2) is 40.6 Å². The van der Waals surface area contributed by atoms with Crippen LogP contribution >= 0.6 is 23.1 Å². The Morgan fingerprint density at radius 3 is 3.00 bits per heavy atom. The lowest BCUT2D eigenvalue weighted by atomic mass is 9.97. The molecule has 1 N–H and O–H groups in total. The van der Waals surface area contributed by atoms with E-state index >= 15 is 0 Å². The summed E-state index contributed by atoms with van der Waals surface area (Å²) in [6, 6.07) is 0. The van der Waals surface area contributed by atoms with Gasteiger partial charge in [-0.3, -0.25) is 4.79 Å². The van der Waals surface area contributed by atoms with E-state index in [0.717, 1.165) is 41.6 Å². The number of ether oxygens (including phenoxy) is 1. The molecule has 1 saturated carbocycles. The van der Waals surface area contributed by atoms with E-state index < -0.39 is 5.54 Å². The number of thioether (sulfide) groups is 1. The minimum Gasteiger partial charge on any atom is -0.468 e. The van der Waals surface area contributed by atoms with Gasteiger partial charge in [-0.15, -0.1) is 10.2 Å². The van der Waals surface area contributed by atoms with E-state index in [0.29, 0.717) is 5.25 Å². The van der Waals surface area contributed by atoms with Gasteiger partial charge in [-0.05, 0) is 39.2 Å². The fourth-order valence-electron chi connectivity index (χ4n) is 2.55. The molecule has 1 fully saturated rings. The molecule has 2 atom stereocenters. The zero-order chi connectivity index (χ0) is 14.6. The standard InChI is InChI=1S/C13H21N3O2S2/c1-4-7-14-13(11(17)18-3)6-5-10(8-13)20-12-16-15-9(2)19-12/h10,14H,4-8H2,1-3H3. The first kappa shape index (κ1) is 15.7. The number of nitrogens with one attached hydrogen (secondary N) is 1. The molecule has 1 aromatic heterocycles. The number of carbonyl (C=O) groups excluding carboxylic acids is 1. The normalized spacial score (nSPS) is 25.9. The van der Waals surface area contributed by atoms with Gasteiger partial charge in [-0.2, -0.15) is 0 Å². The van der Waals surface area contributed by atoms with Crippen LogP contribution in [0.3, 0.4) is 0 Å². The quantitative estimate of drug-likeness (QED) is 0.813. The van der Waals surface area contributed by atoms with Crippen LogP contribution in [0.4, 0.5) is 0 Å². The monoisotopic (exact) mass is 315 g/mol. The average molecular weight is 315 g/mol. The van der Waals surface area contributed by atoms with Crippen molar-refractivity contribution in [2.45, 2.75) is 54.7 Å². The van der Waals surface area contributed by atoms with Gasteiger partial charge < -0.3 is 10.1 Å². The number of hydrogen-bond donors (Lipinski definition) is 1. The molecule has 0 bridgehead atoms. The van der Waals surface area contributed by atoms with Gasteiger partial charge in [0.25, 0.3) is 0 Å². The van der Waals surface area contributed by atoms with Crippen molar-refractivity contribution in [1.29, 1.82) is 0 Å². The topological polar surface area (TPSA) is 64.1 Å². The van der Waals surface area contributed by atoms with E-state index in [-0.39, 0.29) is 5.97 Å². The summed E-state index contributed by atoms with van der Waals surface area (Å²) < 4.78 is 5.99. The third kappa shape index (κ3) is 3.51. The first-order valence-electron chi connectivity index (χ1n) is 6.90. The first-order valence-corrected chi connectivity index (χ1v) is 8.59. The Bertz CT molecular complexity index is 466. The summed E-state index contributed by atoms with van der Waals surface area (Å²) in [5, 5.41) is 13.0. The predicted octanol–water partition coefficient (Wildman–Crippen LogP) is 2.40. The minimum absolute atomic E-state index is 0.137. The molecule has 0 saturated heterocycles. The highest BCUT2D eigenvalue weighted by atomic mass is 32.2. The third-order valence-electron chi connectivity index (χ3n) is 3.53. The Balaban J connectivity index is 2.01. The molecule has 2 rings (SSSR count). The lowest BCUT2D eigenvalue weighted by Crippen LogP contribution is -2.51. The van der Waals surface area contributed by atoms with Crippen molar-refractivity contribution in [2.24, 2.45) is 0 Å². The highest BCUT2D eigenvalue weighted by Gasteiger charge is 2.46. The van der Waals surface area contributed by atoms with Gasteiger partial charge in [0, 0.05) is 5.25 Å². The Labute approximate surface area is 127 Å². The van der Waals surface area contributed by atoms with Crippen LogP contribution in [0.2, 0.25) is 0 Å². The van der Waals surface area contributed by atoms with Crippen molar-refractivity contribution in [3.05, 3.63) is 5.01 Å². The molecule has 7 heteroatoms. The highest BCUT2D eigenvalue weighted by Crippen LogP contribution is 2.41. The van der Waals surface area contributed by atoms with E-state index in [1.165, 1.54) is 7.11 Å². The number of esters is 1. The number of hydrogen-bond acceptors (Lipinski definition) is 7. The molecule has 0 aromatic carbocycles. The maximum Gasteiger partial charge on any atom is 0.326 e. The minimum atomic E-state index is -0.512. The number of carbonyl (C=O) groups is 1. The second-order valence-corrected chi connectivity index (χ2v) is 7.80. The van der Waals surface area contributed by atoms with Gasteiger partial charge in [0.05, 0.1) is 7.11 Å². The van der Waals surface area contributed by atoms with Gasteiger partial charge in [-0.25, -0.2) is 0 Å². The fraction of sp³-hybridized carbons (Fsp3) is 0.769. The molecule has 1 aliphatic rings. The van der Waals surface area contributed by atoms with Crippen LogP contribution in [0.15, 0.2) is 4.34 Å². The van der Waals surface area contributed by atoms with E-state index in [4.69, 9.17) is 4.74 Å². The summed E-state index contributed by atoms with van der Waals surface area (Å²) in [6.45, 7) is 4.89. The molecule has 5 nitrogen and oxygen atoms in total. The van der Waals surface area contributed by atoms with Gasteiger partial charge in [0.1, 0.15) is 10.5 Å². The SMILES string of the molecule is CCCNC1(C(=O)OC)CCC(Sc2nnc(C)s2)C1. The van der Waals surface area contributed by atoms with E-state index in [2.05, 4.69) is 22.4 Å². The molecule has 20 heavy (non-hydrogen) atoms. The van der Waals surface area contributed by atoms with Gasteiger partial charge in [0.15, 0.2) is 4.34 Å². The molecule has 0 aliphatic heterocycles. The number of methoxy groups -OCH3 is 1. The van der Waals surface area contributed by atoms with Crippen LogP contribution in [0.25, 0.3) is 0 Å². The van der Waals surface area contributed by atoms with Crippen molar-refractivity contribution in [3.63, 3.8) is 0 Å². The predicted molar refractivity (Wildman–Crippen MR) is 81.2 cm³/mol. The van der Waals surface area contributed by atoms with E-state index in [1.807, 2.05) is 6.92 Å². The lowest BCUT2D eigenvalue weighted by molar-refractivity contribution is -0.148. The molecule has 0 spiro atoms. The van der Waals surface area contributed by atoms with Crippen molar-refractivity contribution in [2.75, 3.05) is 13.7 Å². The first-order chi connectivity index (χ1) is 9.59. The summed E-state index contributed by atoms with van der Waals surface area (Å²) in [5.74, 6) is -0.137. The van der Waals surface area contributed by atoms with Crippen molar-refractivity contribution >= 4 is 29.1 Å². The number of aromatic nitrogens is 2. The Hall–Kier alpha value is -0.660. The van der Waals surface area contributed by atoms with Gasteiger partial charge in [-0.1, -0.05) is 30.0 Å². The molecule has 1 aliphatic carbocycles. The lowest BCUT2D eigenvalue weighted by Gasteiger charge is -2.27. The summed E-state index contributed by atoms with van der Waals surface area (Å²) in [4.78, 5) is 12.1. The largest absolute Gasteiger partial charge is 0.468 e.